The van der Waals surface area contributed by atoms with Crippen LogP contribution in [-0.4, -0.2) is 24.4 Å². The summed E-state index contributed by atoms with van der Waals surface area (Å²) in [6.45, 7) is 0. The summed E-state index contributed by atoms with van der Waals surface area (Å²) >= 11 is 0. The van der Waals surface area contributed by atoms with Crippen molar-refractivity contribution in [2.45, 2.75) is 12.8 Å². The highest BCUT2D eigenvalue weighted by molar-refractivity contribution is 5.82. The molecule has 1 aliphatic carbocycles. The lowest BCUT2D eigenvalue weighted by Gasteiger charge is -2.23. The third-order valence-corrected chi connectivity index (χ3v) is 3.77. The predicted molar refractivity (Wildman–Crippen MR) is 75.7 cm³/mol. The molecule has 0 radical (unpaired) electrons. The van der Waals surface area contributed by atoms with Gasteiger partial charge in [-0.3, -0.25) is 0 Å². The van der Waals surface area contributed by atoms with Gasteiger partial charge in [-0.1, -0.05) is 0 Å². The van der Waals surface area contributed by atoms with Crippen molar-refractivity contribution in [3.8, 4) is 34.1 Å². The largest absolute Gasteiger partial charge is 0.508 e. The number of ether oxygens (including phenoxy) is 2. The van der Waals surface area contributed by atoms with E-state index in [-0.39, 0.29) is 11.5 Å². The topological polar surface area (TPSA) is 58.9 Å². The number of hydrogen-bond donors (Lipinski definition) is 2. The van der Waals surface area contributed by atoms with E-state index in [0.29, 0.717) is 17.9 Å². The smallest absolute Gasteiger partial charge is 0.161 e. The van der Waals surface area contributed by atoms with Gasteiger partial charge in [0.2, 0.25) is 0 Å². The Bertz CT molecular complexity index is 659. The van der Waals surface area contributed by atoms with E-state index in [0.717, 1.165) is 28.7 Å². The van der Waals surface area contributed by atoms with E-state index in [2.05, 4.69) is 0 Å². The van der Waals surface area contributed by atoms with Crippen LogP contribution in [0.4, 0.5) is 0 Å². The molecule has 0 spiro atoms. The second-order valence-corrected chi connectivity index (χ2v) is 4.82. The summed E-state index contributed by atoms with van der Waals surface area (Å²) in [4.78, 5) is 0. The van der Waals surface area contributed by atoms with E-state index in [9.17, 15) is 10.2 Å². The van der Waals surface area contributed by atoms with Crippen LogP contribution in [0, 0.1) is 0 Å². The van der Waals surface area contributed by atoms with Gasteiger partial charge in [-0.15, -0.1) is 0 Å². The van der Waals surface area contributed by atoms with E-state index in [4.69, 9.17) is 9.47 Å². The average Bonchev–Trinajstić information content (AvgIpc) is 2.46. The summed E-state index contributed by atoms with van der Waals surface area (Å²) in [5, 5.41) is 20.0. The van der Waals surface area contributed by atoms with Crippen LogP contribution in [0.2, 0.25) is 0 Å². The second-order valence-electron chi connectivity index (χ2n) is 4.82. The van der Waals surface area contributed by atoms with E-state index in [1.54, 1.807) is 25.3 Å². The van der Waals surface area contributed by atoms with Crippen LogP contribution in [0.3, 0.4) is 0 Å². The Morgan fingerprint density at radius 2 is 1.70 bits per heavy atom. The maximum Gasteiger partial charge on any atom is 0.161 e. The standard InChI is InChI=1S/C16H16O4/c1-19-13-6-5-11-12(16(13)18)4-3-9-7-10(17)8-14(20-2)15(9)11/h5-8,17-18H,3-4H2,1-2H3. The zero-order chi connectivity index (χ0) is 14.3. The quantitative estimate of drug-likeness (QED) is 0.882. The Hall–Kier alpha value is -2.36. The van der Waals surface area contributed by atoms with Gasteiger partial charge in [0.25, 0.3) is 0 Å². The van der Waals surface area contributed by atoms with Crippen molar-refractivity contribution in [3.63, 3.8) is 0 Å². The van der Waals surface area contributed by atoms with Gasteiger partial charge in [-0.25, -0.2) is 0 Å². The average molecular weight is 272 g/mol. The first-order valence-electron chi connectivity index (χ1n) is 6.44. The molecule has 0 fully saturated rings. The van der Waals surface area contributed by atoms with Gasteiger partial charge in [-0.2, -0.15) is 0 Å². The minimum Gasteiger partial charge on any atom is -0.508 e. The Labute approximate surface area is 117 Å². The number of methoxy groups -OCH3 is 2. The Balaban J connectivity index is 2.28. The number of rotatable bonds is 2. The molecule has 2 aromatic rings. The SMILES string of the molecule is COc1ccc2c(c1O)CCc1cc(O)cc(OC)c1-2. The van der Waals surface area contributed by atoms with Gasteiger partial charge in [0.1, 0.15) is 11.5 Å². The summed E-state index contributed by atoms with van der Waals surface area (Å²) in [6.07, 6.45) is 1.45. The zero-order valence-electron chi connectivity index (χ0n) is 11.4. The van der Waals surface area contributed by atoms with Gasteiger partial charge in [0.05, 0.1) is 14.2 Å². The molecule has 1 aliphatic rings. The minimum atomic E-state index is 0.186. The van der Waals surface area contributed by atoms with E-state index in [1.807, 2.05) is 6.07 Å². The molecule has 20 heavy (non-hydrogen) atoms. The summed E-state index contributed by atoms with van der Waals surface area (Å²) in [5.41, 5.74) is 3.76. The number of phenols is 2. The maximum absolute atomic E-state index is 10.3. The first-order valence-corrected chi connectivity index (χ1v) is 6.44. The number of benzene rings is 2. The Morgan fingerprint density at radius 1 is 0.950 bits per heavy atom. The molecule has 0 atom stereocenters. The molecule has 0 saturated carbocycles. The first-order chi connectivity index (χ1) is 9.65. The monoisotopic (exact) mass is 272 g/mol. The third kappa shape index (κ3) is 1.76. The first kappa shape index (κ1) is 12.7. The number of phenolic OH excluding ortho intramolecular Hbond substituents is 2. The fourth-order valence-corrected chi connectivity index (χ4v) is 2.85. The van der Waals surface area contributed by atoms with Crippen molar-refractivity contribution < 1.29 is 19.7 Å². The van der Waals surface area contributed by atoms with Crippen molar-refractivity contribution in [2.24, 2.45) is 0 Å². The van der Waals surface area contributed by atoms with Gasteiger partial charge < -0.3 is 19.7 Å². The molecule has 4 heteroatoms. The van der Waals surface area contributed by atoms with Crippen LogP contribution >= 0.6 is 0 Å². The van der Waals surface area contributed by atoms with Gasteiger partial charge in [0.15, 0.2) is 11.5 Å². The van der Waals surface area contributed by atoms with Crippen LogP contribution in [0.5, 0.6) is 23.0 Å². The van der Waals surface area contributed by atoms with E-state index in [1.165, 1.54) is 7.11 Å². The molecular weight excluding hydrogens is 256 g/mol. The fraction of sp³-hybridized carbons (Fsp3) is 0.250. The molecule has 2 aromatic carbocycles. The molecule has 3 rings (SSSR count). The molecule has 0 heterocycles. The molecule has 4 nitrogen and oxygen atoms in total. The molecule has 0 aliphatic heterocycles. The van der Waals surface area contributed by atoms with Gasteiger partial charge in [-0.05, 0) is 42.2 Å². The maximum atomic E-state index is 10.3. The lowest BCUT2D eigenvalue weighted by molar-refractivity contribution is 0.370. The van der Waals surface area contributed by atoms with Crippen molar-refractivity contribution in [3.05, 3.63) is 35.4 Å². The molecule has 0 bridgehead atoms. The van der Waals surface area contributed by atoms with Crippen LogP contribution < -0.4 is 9.47 Å². The number of hydrogen-bond acceptors (Lipinski definition) is 4. The molecule has 0 saturated heterocycles. The lowest BCUT2D eigenvalue weighted by Crippen LogP contribution is -2.06. The van der Waals surface area contributed by atoms with Crippen molar-refractivity contribution in [1.29, 1.82) is 0 Å². The molecule has 104 valence electrons. The Kier molecular flexibility index (Phi) is 2.93. The second kappa shape index (κ2) is 4.63. The van der Waals surface area contributed by atoms with Gasteiger partial charge >= 0.3 is 0 Å². The minimum absolute atomic E-state index is 0.186. The van der Waals surface area contributed by atoms with Crippen LogP contribution in [0.1, 0.15) is 11.1 Å². The normalized spacial score (nSPS) is 12.5. The predicted octanol–water partition coefficient (Wildman–Crippen LogP) is 2.88. The third-order valence-electron chi connectivity index (χ3n) is 3.77. The molecule has 2 N–H and O–H groups in total. The zero-order valence-corrected chi connectivity index (χ0v) is 11.4. The Morgan fingerprint density at radius 3 is 2.40 bits per heavy atom. The fourth-order valence-electron chi connectivity index (χ4n) is 2.85. The number of aromatic hydroxyl groups is 2. The van der Waals surface area contributed by atoms with Crippen molar-refractivity contribution in [1.82, 2.24) is 0 Å². The summed E-state index contributed by atoms with van der Waals surface area (Å²) < 4.78 is 10.5. The highest BCUT2D eigenvalue weighted by Crippen LogP contribution is 2.46. The van der Waals surface area contributed by atoms with Crippen LogP contribution in [-0.2, 0) is 12.8 Å². The number of fused-ring (bicyclic) bond motifs is 3. The summed E-state index contributed by atoms with van der Waals surface area (Å²) in [5.74, 6) is 1.48. The highest BCUT2D eigenvalue weighted by atomic mass is 16.5. The van der Waals surface area contributed by atoms with Crippen LogP contribution in [0.25, 0.3) is 11.1 Å². The lowest BCUT2D eigenvalue weighted by atomic mass is 9.84. The van der Waals surface area contributed by atoms with Crippen molar-refractivity contribution in [2.75, 3.05) is 14.2 Å². The highest BCUT2D eigenvalue weighted by Gasteiger charge is 2.24. The number of aryl methyl sites for hydroxylation is 1. The van der Waals surface area contributed by atoms with Crippen LogP contribution in [0.15, 0.2) is 24.3 Å². The van der Waals surface area contributed by atoms with E-state index < -0.39 is 0 Å². The van der Waals surface area contributed by atoms with Crippen molar-refractivity contribution >= 4 is 0 Å². The van der Waals surface area contributed by atoms with E-state index >= 15 is 0 Å². The van der Waals surface area contributed by atoms with Gasteiger partial charge in [0, 0.05) is 17.2 Å². The molecule has 0 aromatic heterocycles. The summed E-state index contributed by atoms with van der Waals surface area (Å²) in [6, 6.07) is 7.01. The molecule has 0 unspecified atom stereocenters. The summed E-state index contributed by atoms with van der Waals surface area (Å²) in [7, 11) is 3.11. The molecular formula is C16H16O4. The molecule has 0 amide bonds.